The van der Waals surface area contributed by atoms with Gasteiger partial charge in [-0.25, -0.2) is 0 Å². The van der Waals surface area contributed by atoms with E-state index >= 15 is 0 Å². The number of fused-ring (bicyclic) bond motifs is 2. The summed E-state index contributed by atoms with van der Waals surface area (Å²) in [5, 5.41) is 0. The van der Waals surface area contributed by atoms with E-state index in [1.54, 1.807) is 7.11 Å². The summed E-state index contributed by atoms with van der Waals surface area (Å²) in [5.41, 5.74) is 2.75. The predicted molar refractivity (Wildman–Crippen MR) is 80.8 cm³/mol. The van der Waals surface area contributed by atoms with Gasteiger partial charge in [-0.2, -0.15) is 0 Å². The van der Waals surface area contributed by atoms with Crippen LogP contribution in [0, 0.1) is 23.7 Å². The van der Waals surface area contributed by atoms with Crippen LogP contribution in [0.3, 0.4) is 0 Å². The van der Waals surface area contributed by atoms with Gasteiger partial charge in [0.15, 0.2) is 0 Å². The molecule has 0 spiro atoms. The lowest BCUT2D eigenvalue weighted by molar-refractivity contribution is -0.0934. The molecule has 2 heteroatoms. The molecule has 1 fully saturated rings. The van der Waals surface area contributed by atoms with E-state index in [9.17, 15) is 0 Å². The zero-order valence-electron chi connectivity index (χ0n) is 12.8. The number of methoxy groups -OCH3 is 1. The largest absolute Gasteiger partial charge is 0.497 e. The molecule has 1 aromatic carbocycles. The van der Waals surface area contributed by atoms with Crippen molar-refractivity contribution in [3.63, 3.8) is 0 Å². The first kappa shape index (κ1) is 13.7. The zero-order valence-corrected chi connectivity index (χ0v) is 12.8. The Kier molecular flexibility index (Phi) is 3.59. The van der Waals surface area contributed by atoms with Crippen LogP contribution in [-0.4, -0.2) is 13.7 Å². The van der Waals surface area contributed by atoms with Gasteiger partial charge < -0.3 is 9.47 Å². The Hall–Kier alpha value is -1.28. The third kappa shape index (κ3) is 2.16. The van der Waals surface area contributed by atoms with Crippen LogP contribution in [0.1, 0.15) is 32.4 Å². The lowest BCUT2D eigenvalue weighted by atomic mass is 9.64. The molecule has 0 saturated carbocycles. The van der Waals surface area contributed by atoms with Gasteiger partial charge in [-0.05, 0) is 42.4 Å². The molecule has 0 aromatic heterocycles. The van der Waals surface area contributed by atoms with E-state index < -0.39 is 0 Å². The molecule has 0 N–H and O–H groups in total. The van der Waals surface area contributed by atoms with Crippen molar-refractivity contribution in [3.8, 4) is 5.75 Å². The number of allylic oxidation sites excluding steroid dienone is 1. The average Bonchev–Trinajstić information content (AvgIpc) is 2.45. The summed E-state index contributed by atoms with van der Waals surface area (Å²) in [5.74, 6) is 3.41. The summed E-state index contributed by atoms with van der Waals surface area (Å²) in [4.78, 5) is 0. The van der Waals surface area contributed by atoms with Gasteiger partial charge in [0, 0.05) is 5.92 Å². The Morgan fingerprint density at radius 2 is 1.85 bits per heavy atom. The molecule has 20 heavy (non-hydrogen) atoms. The molecular formula is C18H24O2. The molecule has 1 aliphatic heterocycles. The quantitative estimate of drug-likeness (QED) is 0.750. The second-order valence-electron chi connectivity index (χ2n) is 6.35. The van der Waals surface area contributed by atoms with E-state index in [0.29, 0.717) is 23.7 Å². The number of ether oxygens (including phenoxy) is 2. The fraction of sp³-hybridized carbons (Fsp3) is 0.556. The topological polar surface area (TPSA) is 18.5 Å². The van der Waals surface area contributed by atoms with Crippen molar-refractivity contribution in [2.75, 3.05) is 13.7 Å². The van der Waals surface area contributed by atoms with Crippen molar-refractivity contribution >= 4 is 0 Å². The van der Waals surface area contributed by atoms with Crippen LogP contribution in [0.15, 0.2) is 35.9 Å². The third-order valence-corrected chi connectivity index (χ3v) is 5.21. The molecule has 1 heterocycles. The van der Waals surface area contributed by atoms with Crippen molar-refractivity contribution in [3.05, 3.63) is 41.5 Å². The van der Waals surface area contributed by atoms with Gasteiger partial charge in [0.1, 0.15) is 5.75 Å². The standard InChI is InChI=1S/C18H24O2/c1-11-9-12(2)17-13(3)16(11)10-20-18(17)14-5-7-15(19-4)8-6-14/h5-9,11,13,16-18H,10H2,1-4H3/t11-,13-,16-,17-,18-/m1/s1. The number of rotatable bonds is 2. The Morgan fingerprint density at radius 3 is 2.50 bits per heavy atom. The average molecular weight is 272 g/mol. The third-order valence-electron chi connectivity index (χ3n) is 5.21. The molecule has 0 radical (unpaired) electrons. The van der Waals surface area contributed by atoms with Crippen LogP contribution in [0.2, 0.25) is 0 Å². The molecule has 5 atom stereocenters. The van der Waals surface area contributed by atoms with Gasteiger partial charge >= 0.3 is 0 Å². The first-order valence-corrected chi connectivity index (χ1v) is 7.55. The van der Waals surface area contributed by atoms with Crippen LogP contribution in [0.5, 0.6) is 5.75 Å². The van der Waals surface area contributed by atoms with Crippen molar-refractivity contribution in [2.24, 2.45) is 23.7 Å². The van der Waals surface area contributed by atoms with E-state index in [4.69, 9.17) is 9.47 Å². The van der Waals surface area contributed by atoms with Crippen LogP contribution in [-0.2, 0) is 4.74 Å². The molecule has 3 rings (SSSR count). The smallest absolute Gasteiger partial charge is 0.118 e. The SMILES string of the molecule is COc1ccc([C@H]2OC[C@H]3[C@@H](C)[C@H]2C(C)=C[C@H]3C)cc1. The molecule has 1 saturated heterocycles. The minimum Gasteiger partial charge on any atom is -0.497 e. The summed E-state index contributed by atoms with van der Waals surface area (Å²) < 4.78 is 11.5. The molecule has 0 amide bonds. The van der Waals surface area contributed by atoms with Gasteiger partial charge in [0.25, 0.3) is 0 Å². The van der Waals surface area contributed by atoms with Crippen molar-refractivity contribution in [1.82, 2.24) is 0 Å². The second kappa shape index (κ2) is 5.25. The lowest BCUT2D eigenvalue weighted by Crippen LogP contribution is -2.42. The highest BCUT2D eigenvalue weighted by molar-refractivity contribution is 5.31. The highest BCUT2D eigenvalue weighted by atomic mass is 16.5. The summed E-state index contributed by atoms with van der Waals surface area (Å²) >= 11 is 0. The first-order valence-electron chi connectivity index (χ1n) is 7.55. The van der Waals surface area contributed by atoms with Gasteiger partial charge in [-0.1, -0.05) is 37.6 Å². The fourth-order valence-corrected chi connectivity index (χ4v) is 4.04. The van der Waals surface area contributed by atoms with Crippen molar-refractivity contribution in [2.45, 2.75) is 26.9 Å². The normalized spacial score (nSPS) is 36.4. The maximum Gasteiger partial charge on any atom is 0.118 e. The Labute approximate surface area is 121 Å². The highest BCUT2D eigenvalue weighted by Crippen LogP contribution is 2.49. The van der Waals surface area contributed by atoms with Crippen LogP contribution < -0.4 is 4.74 Å². The molecule has 108 valence electrons. The summed E-state index contributed by atoms with van der Waals surface area (Å²) in [7, 11) is 1.70. The number of hydrogen-bond acceptors (Lipinski definition) is 2. The second-order valence-corrected chi connectivity index (χ2v) is 6.35. The molecule has 1 aliphatic carbocycles. The summed E-state index contributed by atoms with van der Waals surface area (Å²) in [6, 6.07) is 8.34. The summed E-state index contributed by atoms with van der Waals surface area (Å²) in [6.45, 7) is 7.84. The Bertz CT molecular complexity index is 503. The van der Waals surface area contributed by atoms with E-state index in [0.717, 1.165) is 12.4 Å². The van der Waals surface area contributed by atoms with Crippen LogP contribution in [0.25, 0.3) is 0 Å². The molecule has 1 aromatic rings. The van der Waals surface area contributed by atoms with Crippen molar-refractivity contribution in [1.29, 1.82) is 0 Å². The first-order chi connectivity index (χ1) is 9.61. The fourth-order valence-electron chi connectivity index (χ4n) is 4.04. The molecule has 2 nitrogen and oxygen atoms in total. The van der Waals surface area contributed by atoms with Crippen molar-refractivity contribution < 1.29 is 9.47 Å². The Balaban J connectivity index is 1.92. The predicted octanol–water partition coefficient (Wildman–Crippen LogP) is 4.23. The van der Waals surface area contributed by atoms with Gasteiger partial charge in [-0.15, -0.1) is 0 Å². The minimum atomic E-state index is 0.191. The van der Waals surface area contributed by atoms with Crippen LogP contribution in [0.4, 0.5) is 0 Å². The monoisotopic (exact) mass is 272 g/mol. The Morgan fingerprint density at radius 1 is 1.15 bits per heavy atom. The minimum absolute atomic E-state index is 0.191. The molecule has 2 bridgehead atoms. The lowest BCUT2D eigenvalue weighted by Gasteiger charge is -2.47. The molecule has 2 aliphatic rings. The molecular weight excluding hydrogens is 248 g/mol. The van der Waals surface area contributed by atoms with E-state index in [1.807, 2.05) is 12.1 Å². The van der Waals surface area contributed by atoms with Crippen LogP contribution >= 0.6 is 0 Å². The zero-order chi connectivity index (χ0) is 14.3. The van der Waals surface area contributed by atoms with Gasteiger partial charge in [0.2, 0.25) is 0 Å². The number of benzene rings is 1. The van der Waals surface area contributed by atoms with E-state index in [-0.39, 0.29) is 6.10 Å². The van der Waals surface area contributed by atoms with E-state index in [2.05, 4.69) is 39.0 Å². The highest BCUT2D eigenvalue weighted by Gasteiger charge is 2.43. The maximum atomic E-state index is 6.23. The summed E-state index contributed by atoms with van der Waals surface area (Å²) in [6.07, 6.45) is 2.64. The number of hydrogen-bond donors (Lipinski definition) is 0. The molecule has 0 unspecified atom stereocenters. The van der Waals surface area contributed by atoms with Gasteiger partial charge in [-0.3, -0.25) is 0 Å². The van der Waals surface area contributed by atoms with E-state index in [1.165, 1.54) is 11.1 Å². The van der Waals surface area contributed by atoms with Gasteiger partial charge in [0.05, 0.1) is 19.8 Å². The maximum absolute atomic E-state index is 6.23.